The summed E-state index contributed by atoms with van der Waals surface area (Å²) in [4.78, 5) is 0.864. The number of phenolic OH excluding ortho intramolecular Hbond substituents is 1. The van der Waals surface area contributed by atoms with Crippen molar-refractivity contribution in [2.24, 2.45) is 0 Å². The Morgan fingerprint density at radius 3 is 1.47 bits per heavy atom. The van der Waals surface area contributed by atoms with Crippen LogP contribution in [-0.2, 0) is 10.8 Å². The molecule has 0 atom stereocenters. The minimum atomic E-state index is -0.107. The van der Waals surface area contributed by atoms with Gasteiger partial charge in [0.2, 0.25) is 0 Å². The average Bonchev–Trinajstić information content (AvgIpc) is 2.13. The summed E-state index contributed by atoms with van der Waals surface area (Å²) in [6.45, 7) is 12.5. The van der Waals surface area contributed by atoms with Gasteiger partial charge in [-0.1, -0.05) is 41.5 Å². The van der Waals surface area contributed by atoms with E-state index in [1.165, 1.54) is 0 Å². The zero-order valence-electron chi connectivity index (χ0n) is 11.5. The van der Waals surface area contributed by atoms with E-state index in [0.717, 1.165) is 28.1 Å². The Labute approximate surface area is 108 Å². The molecular weight excluding hydrogens is 232 g/mol. The first-order valence-electron chi connectivity index (χ1n) is 5.77. The van der Waals surface area contributed by atoms with Crippen LogP contribution in [-0.4, -0.2) is 9.66 Å². The lowest BCUT2D eigenvalue weighted by Gasteiger charge is -2.28. The molecule has 0 aliphatic heterocycles. The van der Waals surface area contributed by atoms with Crippen LogP contribution >= 0.6 is 12.0 Å². The van der Waals surface area contributed by atoms with Crippen molar-refractivity contribution in [3.05, 3.63) is 23.3 Å². The van der Waals surface area contributed by atoms with Gasteiger partial charge in [0.05, 0.1) is 0 Å². The van der Waals surface area contributed by atoms with Crippen LogP contribution in [0, 0.1) is 0 Å². The molecule has 0 aliphatic carbocycles. The van der Waals surface area contributed by atoms with E-state index in [1.54, 1.807) is 12.1 Å². The molecule has 3 heteroatoms. The van der Waals surface area contributed by atoms with Crippen LogP contribution in [0.3, 0.4) is 0 Å². The summed E-state index contributed by atoms with van der Waals surface area (Å²) in [5, 5.41) is 9.85. The quantitative estimate of drug-likeness (QED) is 0.722. The van der Waals surface area contributed by atoms with Gasteiger partial charge in [-0.3, -0.25) is 0 Å². The van der Waals surface area contributed by atoms with E-state index in [9.17, 15) is 9.66 Å². The van der Waals surface area contributed by atoms with Crippen LogP contribution in [0.25, 0.3) is 0 Å². The van der Waals surface area contributed by atoms with Crippen LogP contribution < -0.4 is 0 Å². The minimum absolute atomic E-state index is 0.107. The normalized spacial score (nSPS) is 12.9. The van der Waals surface area contributed by atoms with E-state index < -0.39 is 0 Å². The van der Waals surface area contributed by atoms with Gasteiger partial charge in [0.25, 0.3) is 0 Å². The van der Waals surface area contributed by atoms with Crippen LogP contribution in [0.4, 0.5) is 0 Å². The van der Waals surface area contributed by atoms with Gasteiger partial charge >= 0.3 is 0 Å². The number of rotatable bonds is 1. The van der Waals surface area contributed by atoms with Gasteiger partial charge < -0.3 is 9.66 Å². The molecule has 0 amide bonds. The van der Waals surface area contributed by atoms with Gasteiger partial charge in [0.1, 0.15) is 5.75 Å². The summed E-state index contributed by atoms with van der Waals surface area (Å²) in [5.74, 6) is 0.262. The number of hydrogen-bond acceptors (Lipinski definition) is 3. The van der Waals surface area contributed by atoms with Crippen molar-refractivity contribution in [2.75, 3.05) is 0 Å². The predicted molar refractivity (Wildman–Crippen MR) is 74.0 cm³/mol. The van der Waals surface area contributed by atoms with Crippen molar-refractivity contribution >= 4 is 12.0 Å². The third-order valence-electron chi connectivity index (χ3n) is 2.78. The predicted octanol–water partition coefficient (Wildman–Crippen LogP) is 4.55. The summed E-state index contributed by atoms with van der Waals surface area (Å²) in [7, 11) is 0. The Balaban J connectivity index is 3.58. The van der Waals surface area contributed by atoms with E-state index in [0.29, 0.717) is 0 Å². The zero-order chi connectivity index (χ0) is 13.4. The lowest BCUT2D eigenvalue weighted by atomic mass is 9.80. The van der Waals surface area contributed by atoms with Gasteiger partial charge in [-0.15, -0.1) is 0 Å². The summed E-state index contributed by atoms with van der Waals surface area (Å²) < 4.78 is 9.55. The van der Waals surface area contributed by atoms with Gasteiger partial charge in [0, 0.05) is 16.9 Å². The van der Waals surface area contributed by atoms with Gasteiger partial charge in [-0.05, 0) is 34.1 Å². The fourth-order valence-electron chi connectivity index (χ4n) is 1.83. The number of phenols is 1. The Hall–Kier alpha value is -0.670. The lowest BCUT2D eigenvalue weighted by molar-refractivity contribution is 0.461. The topological polar surface area (TPSA) is 40.5 Å². The molecule has 0 saturated heterocycles. The molecule has 0 heterocycles. The number of hydrogen-bond donors (Lipinski definition) is 2. The Kier molecular flexibility index (Phi) is 3.84. The minimum Gasteiger partial charge on any atom is -0.508 e. The van der Waals surface area contributed by atoms with E-state index in [2.05, 4.69) is 41.5 Å². The first-order chi connectivity index (χ1) is 7.57. The molecule has 17 heavy (non-hydrogen) atoms. The molecule has 0 saturated carbocycles. The Morgan fingerprint density at radius 1 is 0.882 bits per heavy atom. The van der Waals surface area contributed by atoms with E-state index in [1.807, 2.05) is 0 Å². The molecule has 96 valence electrons. The second-order valence-electron chi connectivity index (χ2n) is 6.46. The molecular formula is C14H22O2S. The van der Waals surface area contributed by atoms with Crippen LogP contribution in [0.15, 0.2) is 17.0 Å². The molecule has 0 aliphatic rings. The molecule has 0 fully saturated rings. The smallest absolute Gasteiger partial charge is 0.116 e. The summed E-state index contributed by atoms with van der Waals surface area (Å²) >= 11 is 0.773. The molecule has 1 aromatic rings. The van der Waals surface area contributed by atoms with Crippen LogP contribution in [0.5, 0.6) is 5.75 Å². The molecule has 0 aromatic heterocycles. The number of benzene rings is 1. The van der Waals surface area contributed by atoms with Crippen molar-refractivity contribution in [1.82, 2.24) is 0 Å². The van der Waals surface area contributed by atoms with E-state index in [-0.39, 0.29) is 16.6 Å². The molecule has 1 rings (SSSR count). The second kappa shape index (κ2) is 4.54. The van der Waals surface area contributed by atoms with Gasteiger partial charge in [-0.25, -0.2) is 0 Å². The van der Waals surface area contributed by atoms with Crippen LogP contribution in [0.1, 0.15) is 52.7 Å². The Bertz CT molecular complexity index is 376. The summed E-state index contributed by atoms with van der Waals surface area (Å²) in [6.07, 6.45) is 0. The highest BCUT2D eigenvalue weighted by atomic mass is 32.2. The fraction of sp³-hybridized carbons (Fsp3) is 0.571. The standard InChI is InChI=1S/C14H22O2S/c1-13(2,3)10-7-9(15)8-11(12(10)17-16)14(4,5)6/h7-8,15-16H,1-6H3. The van der Waals surface area contributed by atoms with Crippen molar-refractivity contribution in [2.45, 2.75) is 57.3 Å². The first-order valence-corrected chi connectivity index (χ1v) is 6.54. The summed E-state index contributed by atoms with van der Waals surface area (Å²) in [5.41, 5.74) is 1.75. The molecule has 1 aromatic carbocycles. The van der Waals surface area contributed by atoms with E-state index in [4.69, 9.17) is 0 Å². The number of aromatic hydroxyl groups is 1. The molecule has 0 spiro atoms. The SMILES string of the molecule is CC(C)(C)c1cc(O)cc(C(C)(C)C)c1SO. The molecule has 0 unspecified atom stereocenters. The molecule has 0 radical (unpaired) electrons. The molecule has 0 bridgehead atoms. The molecule has 2 N–H and O–H groups in total. The lowest BCUT2D eigenvalue weighted by Crippen LogP contribution is -2.18. The highest BCUT2D eigenvalue weighted by Gasteiger charge is 2.26. The van der Waals surface area contributed by atoms with Crippen molar-refractivity contribution in [1.29, 1.82) is 0 Å². The van der Waals surface area contributed by atoms with Crippen molar-refractivity contribution < 1.29 is 9.66 Å². The highest BCUT2D eigenvalue weighted by molar-refractivity contribution is 7.93. The van der Waals surface area contributed by atoms with Crippen molar-refractivity contribution in [3.8, 4) is 5.75 Å². The largest absolute Gasteiger partial charge is 0.508 e. The Morgan fingerprint density at radius 2 is 1.24 bits per heavy atom. The van der Waals surface area contributed by atoms with Gasteiger partial charge in [-0.2, -0.15) is 0 Å². The third-order valence-corrected chi connectivity index (χ3v) is 3.40. The maximum absolute atomic E-state index is 9.85. The van der Waals surface area contributed by atoms with Crippen LogP contribution in [0.2, 0.25) is 0 Å². The van der Waals surface area contributed by atoms with Crippen molar-refractivity contribution in [3.63, 3.8) is 0 Å². The highest BCUT2D eigenvalue weighted by Crippen LogP contribution is 2.41. The second-order valence-corrected chi connectivity index (χ2v) is 7.05. The fourth-order valence-corrected chi connectivity index (χ4v) is 2.75. The average molecular weight is 254 g/mol. The zero-order valence-corrected chi connectivity index (χ0v) is 12.3. The monoisotopic (exact) mass is 254 g/mol. The summed E-state index contributed by atoms with van der Waals surface area (Å²) in [6, 6.07) is 3.49. The third kappa shape index (κ3) is 3.17. The van der Waals surface area contributed by atoms with E-state index >= 15 is 0 Å². The maximum Gasteiger partial charge on any atom is 0.116 e. The molecule has 2 nitrogen and oxygen atoms in total. The van der Waals surface area contributed by atoms with Gasteiger partial charge in [0.15, 0.2) is 0 Å². The first kappa shape index (κ1) is 14.4. The maximum atomic E-state index is 9.85.